The highest BCUT2D eigenvalue weighted by molar-refractivity contribution is 5.99. The van der Waals surface area contributed by atoms with Crippen LogP contribution in [-0.4, -0.2) is 54.7 Å². The molecule has 0 bridgehead atoms. The first-order chi connectivity index (χ1) is 15.1. The number of carbonyl (C=O) groups excluding carboxylic acids is 2. The first kappa shape index (κ1) is 23.7. The van der Waals surface area contributed by atoms with Crippen molar-refractivity contribution in [2.24, 2.45) is 0 Å². The molecule has 1 N–H and O–H groups in total. The number of nitrogens with zero attached hydrogens (tertiary/aromatic N) is 2. The normalized spacial score (nSPS) is 15.2. The van der Waals surface area contributed by atoms with Crippen molar-refractivity contribution in [2.75, 3.05) is 31.6 Å². The van der Waals surface area contributed by atoms with Crippen molar-refractivity contribution in [2.45, 2.75) is 31.7 Å². The molecule has 2 amide bonds. The lowest BCUT2D eigenvalue weighted by Gasteiger charge is -2.23. The van der Waals surface area contributed by atoms with Crippen molar-refractivity contribution in [3.63, 3.8) is 0 Å². The van der Waals surface area contributed by atoms with Gasteiger partial charge < -0.3 is 19.6 Å². The molecule has 0 saturated carbocycles. The second-order valence-corrected chi connectivity index (χ2v) is 7.76. The lowest BCUT2D eigenvalue weighted by atomic mass is 10.1. The molecule has 1 aliphatic heterocycles. The Morgan fingerprint density at radius 3 is 2.56 bits per heavy atom. The Hall–Kier alpha value is -2.91. The average molecular weight is 450 g/mol. The van der Waals surface area contributed by atoms with Gasteiger partial charge in [0.25, 0.3) is 5.91 Å². The van der Waals surface area contributed by atoms with Gasteiger partial charge in [-0.1, -0.05) is 30.3 Å². The summed E-state index contributed by atoms with van der Waals surface area (Å²) in [5.74, 6) is -0.965. The number of anilines is 1. The van der Waals surface area contributed by atoms with Gasteiger partial charge in [-0.2, -0.15) is 13.2 Å². The summed E-state index contributed by atoms with van der Waals surface area (Å²) in [5, 5.41) is 10.2. The molecule has 1 unspecified atom stereocenters. The van der Waals surface area contributed by atoms with Crippen LogP contribution in [0.4, 0.5) is 18.9 Å². The minimum atomic E-state index is -4.67. The van der Waals surface area contributed by atoms with Gasteiger partial charge in [-0.25, -0.2) is 0 Å². The smallest absolute Gasteiger partial charge is 0.389 e. The molecule has 1 fully saturated rings. The standard InChI is InChI=1S/C23H25F3N2O4/c1-27(13-20(29)15-32-14-16-6-3-2-4-7-16)22(31)17-10-18(23(24,25)26)12-19(11-17)28-9-5-8-21(28)30/h2-4,6-7,10-12,20,29H,5,8-9,13-15H2,1H3. The number of amides is 2. The number of benzene rings is 2. The fourth-order valence-electron chi connectivity index (χ4n) is 3.53. The third-order valence-corrected chi connectivity index (χ3v) is 5.13. The second kappa shape index (κ2) is 10.1. The number of alkyl halides is 3. The lowest BCUT2D eigenvalue weighted by Crippen LogP contribution is -2.36. The molecule has 32 heavy (non-hydrogen) atoms. The van der Waals surface area contributed by atoms with Crippen molar-refractivity contribution in [3.05, 3.63) is 65.2 Å². The van der Waals surface area contributed by atoms with E-state index in [1.54, 1.807) is 0 Å². The van der Waals surface area contributed by atoms with Crippen LogP contribution in [0.25, 0.3) is 0 Å². The van der Waals surface area contributed by atoms with Gasteiger partial charge in [0.15, 0.2) is 0 Å². The van der Waals surface area contributed by atoms with Crippen LogP contribution in [0.1, 0.15) is 34.3 Å². The maximum absolute atomic E-state index is 13.4. The minimum Gasteiger partial charge on any atom is -0.389 e. The van der Waals surface area contributed by atoms with Crippen LogP contribution >= 0.6 is 0 Å². The molecule has 6 nitrogen and oxygen atoms in total. The van der Waals surface area contributed by atoms with Crippen molar-refractivity contribution in [1.29, 1.82) is 0 Å². The van der Waals surface area contributed by atoms with Crippen LogP contribution in [0.15, 0.2) is 48.5 Å². The monoisotopic (exact) mass is 450 g/mol. The maximum atomic E-state index is 13.4. The Kier molecular flexibility index (Phi) is 7.52. The number of hydrogen-bond acceptors (Lipinski definition) is 4. The number of carbonyl (C=O) groups is 2. The third kappa shape index (κ3) is 6.08. The Balaban J connectivity index is 1.67. The molecular weight excluding hydrogens is 425 g/mol. The van der Waals surface area contributed by atoms with E-state index in [1.807, 2.05) is 30.3 Å². The van der Waals surface area contributed by atoms with Gasteiger partial charge in [0.05, 0.1) is 24.9 Å². The van der Waals surface area contributed by atoms with Crippen molar-refractivity contribution in [1.82, 2.24) is 4.90 Å². The van der Waals surface area contributed by atoms with Crippen molar-refractivity contribution in [3.8, 4) is 0 Å². The fraction of sp³-hybridized carbons (Fsp3) is 0.391. The molecule has 172 valence electrons. The molecule has 9 heteroatoms. The van der Waals surface area contributed by atoms with Crippen LogP contribution in [0, 0.1) is 0 Å². The van der Waals surface area contributed by atoms with E-state index in [1.165, 1.54) is 18.0 Å². The summed E-state index contributed by atoms with van der Waals surface area (Å²) in [7, 11) is 1.39. The molecule has 2 aromatic carbocycles. The summed E-state index contributed by atoms with van der Waals surface area (Å²) in [6, 6.07) is 12.3. The van der Waals surface area contributed by atoms with Crippen LogP contribution in [-0.2, 0) is 22.3 Å². The van der Waals surface area contributed by atoms with Gasteiger partial charge in [-0.05, 0) is 30.2 Å². The van der Waals surface area contributed by atoms with E-state index in [2.05, 4.69) is 0 Å². The van der Waals surface area contributed by atoms with Gasteiger partial charge in [0.2, 0.25) is 5.91 Å². The topological polar surface area (TPSA) is 70.1 Å². The van der Waals surface area contributed by atoms with Crippen LogP contribution in [0.2, 0.25) is 0 Å². The summed E-state index contributed by atoms with van der Waals surface area (Å²) in [6.07, 6.45) is -4.88. The third-order valence-electron chi connectivity index (χ3n) is 5.13. The summed E-state index contributed by atoms with van der Waals surface area (Å²) in [5.41, 5.74) is -0.226. The highest BCUT2D eigenvalue weighted by atomic mass is 19.4. The minimum absolute atomic E-state index is 0.0391. The molecule has 0 aliphatic carbocycles. The summed E-state index contributed by atoms with van der Waals surface area (Å²) in [4.78, 5) is 27.2. The first-order valence-corrected chi connectivity index (χ1v) is 10.2. The molecule has 1 aliphatic rings. The van der Waals surface area contributed by atoms with Gasteiger partial charge in [-0.3, -0.25) is 9.59 Å². The van der Waals surface area contributed by atoms with Crippen molar-refractivity contribution >= 4 is 17.5 Å². The summed E-state index contributed by atoms with van der Waals surface area (Å²) >= 11 is 0. The van der Waals surface area contributed by atoms with Crippen LogP contribution < -0.4 is 4.90 Å². The van der Waals surface area contributed by atoms with E-state index in [0.717, 1.165) is 22.6 Å². The van der Waals surface area contributed by atoms with E-state index in [0.29, 0.717) is 13.0 Å². The van der Waals surface area contributed by atoms with Crippen LogP contribution in [0.5, 0.6) is 0 Å². The van der Waals surface area contributed by atoms with Gasteiger partial charge >= 0.3 is 6.18 Å². The lowest BCUT2D eigenvalue weighted by molar-refractivity contribution is -0.137. The predicted octanol–water partition coefficient (Wildman–Crippen LogP) is 3.48. The largest absolute Gasteiger partial charge is 0.416 e. The number of halogens is 3. The zero-order chi connectivity index (χ0) is 23.3. The molecule has 0 spiro atoms. The van der Waals surface area contributed by atoms with E-state index in [-0.39, 0.29) is 43.3 Å². The van der Waals surface area contributed by atoms with E-state index < -0.39 is 23.8 Å². The predicted molar refractivity (Wildman–Crippen MR) is 112 cm³/mol. The number of ether oxygens (including phenoxy) is 1. The Bertz CT molecular complexity index is 950. The number of hydrogen-bond donors (Lipinski definition) is 1. The molecule has 0 aromatic heterocycles. The highest BCUT2D eigenvalue weighted by Crippen LogP contribution is 2.34. The summed E-state index contributed by atoms with van der Waals surface area (Å²) < 4.78 is 45.7. The fourth-order valence-corrected chi connectivity index (χ4v) is 3.53. The SMILES string of the molecule is CN(CC(O)COCc1ccccc1)C(=O)c1cc(N2CCCC2=O)cc(C(F)(F)F)c1. The Morgan fingerprint density at radius 2 is 1.94 bits per heavy atom. The van der Waals surface area contributed by atoms with E-state index in [9.17, 15) is 27.9 Å². The summed E-state index contributed by atoms with van der Waals surface area (Å²) in [6.45, 7) is 0.433. The first-order valence-electron chi connectivity index (χ1n) is 10.2. The Labute approximate surface area is 184 Å². The quantitative estimate of drug-likeness (QED) is 0.669. The average Bonchev–Trinajstić information content (AvgIpc) is 3.19. The number of rotatable bonds is 8. The van der Waals surface area contributed by atoms with E-state index >= 15 is 0 Å². The van der Waals surface area contributed by atoms with Gasteiger partial charge in [-0.15, -0.1) is 0 Å². The number of aliphatic hydroxyl groups is 1. The van der Waals surface area contributed by atoms with Crippen molar-refractivity contribution < 1.29 is 32.6 Å². The van der Waals surface area contributed by atoms with Crippen LogP contribution in [0.3, 0.4) is 0 Å². The van der Waals surface area contributed by atoms with Gasteiger partial charge in [0.1, 0.15) is 0 Å². The second-order valence-electron chi connectivity index (χ2n) is 7.76. The number of aliphatic hydroxyl groups excluding tert-OH is 1. The molecule has 2 aromatic rings. The molecule has 1 atom stereocenters. The Morgan fingerprint density at radius 1 is 1.22 bits per heavy atom. The van der Waals surface area contributed by atoms with E-state index in [4.69, 9.17) is 4.74 Å². The number of likely N-dealkylation sites (N-methyl/N-ethyl adjacent to an activating group) is 1. The molecule has 1 heterocycles. The van der Waals surface area contributed by atoms with Gasteiger partial charge in [0, 0.05) is 37.8 Å². The molecule has 3 rings (SSSR count). The molecule has 1 saturated heterocycles. The molecule has 0 radical (unpaired) electrons. The highest BCUT2D eigenvalue weighted by Gasteiger charge is 2.34. The molecular formula is C23H25F3N2O4. The zero-order valence-corrected chi connectivity index (χ0v) is 17.6. The maximum Gasteiger partial charge on any atom is 0.416 e. The zero-order valence-electron chi connectivity index (χ0n) is 17.6.